The van der Waals surface area contributed by atoms with Crippen molar-refractivity contribution in [2.75, 3.05) is 13.7 Å². The summed E-state index contributed by atoms with van der Waals surface area (Å²) in [5.41, 5.74) is 0.474. The van der Waals surface area contributed by atoms with E-state index in [1.165, 1.54) is 25.2 Å². The van der Waals surface area contributed by atoms with Crippen LogP contribution in [-0.4, -0.2) is 28.0 Å². The highest BCUT2D eigenvalue weighted by Crippen LogP contribution is 2.19. The van der Waals surface area contributed by atoms with Gasteiger partial charge in [0.2, 0.25) is 10.0 Å². The van der Waals surface area contributed by atoms with Gasteiger partial charge in [-0.2, -0.15) is 0 Å². The number of benzene rings is 1. The molecule has 0 saturated carbocycles. The van der Waals surface area contributed by atoms with Crippen molar-refractivity contribution in [2.24, 2.45) is 5.14 Å². The smallest absolute Gasteiger partial charge is 0.257 e. The molecule has 0 aromatic heterocycles. The maximum absolute atomic E-state index is 11.2. The summed E-state index contributed by atoms with van der Waals surface area (Å²) < 4.78 is 27.5. The minimum Gasteiger partial charge on any atom is -0.484 e. The highest BCUT2D eigenvalue weighted by Gasteiger charge is 2.12. The fourth-order valence-electron chi connectivity index (χ4n) is 1.25. The van der Waals surface area contributed by atoms with E-state index in [4.69, 9.17) is 9.88 Å². The summed E-state index contributed by atoms with van der Waals surface area (Å²) in [6.45, 7) is 1.48. The Bertz CT molecular complexity index is 525. The van der Waals surface area contributed by atoms with Gasteiger partial charge in [-0.25, -0.2) is 13.6 Å². The standard InChI is InChI=1S/C10H14N2O4S/c1-7-5-8(16-6-10(13)12-2)3-4-9(7)17(11,14)15/h3-5H,6H2,1-2H3,(H,12,13)(H2,11,14,15). The van der Waals surface area contributed by atoms with Gasteiger partial charge in [0.25, 0.3) is 5.91 Å². The van der Waals surface area contributed by atoms with Gasteiger partial charge in [0.1, 0.15) is 5.75 Å². The first-order chi connectivity index (χ1) is 7.84. The summed E-state index contributed by atoms with van der Waals surface area (Å²) in [6.07, 6.45) is 0. The van der Waals surface area contributed by atoms with Gasteiger partial charge in [0.05, 0.1) is 4.90 Å². The van der Waals surface area contributed by atoms with Crippen molar-refractivity contribution in [1.29, 1.82) is 0 Å². The van der Waals surface area contributed by atoms with E-state index < -0.39 is 10.0 Å². The number of carbonyl (C=O) groups is 1. The highest BCUT2D eigenvalue weighted by molar-refractivity contribution is 7.89. The number of hydrogen-bond acceptors (Lipinski definition) is 4. The van der Waals surface area contributed by atoms with E-state index in [1.54, 1.807) is 6.92 Å². The first kappa shape index (κ1) is 13.5. The van der Waals surface area contributed by atoms with Gasteiger partial charge in [-0.05, 0) is 30.7 Å². The van der Waals surface area contributed by atoms with Crippen molar-refractivity contribution in [3.05, 3.63) is 23.8 Å². The minimum atomic E-state index is -3.72. The van der Waals surface area contributed by atoms with Crippen LogP contribution in [0.5, 0.6) is 5.75 Å². The number of nitrogens with one attached hydrogen (secondary N) is 1. The minimum absolute atomic E-state index is 0.0461. The van der Waals surface area contributed by atoms with Crippen molar-refractivity contribution in [3.8, 4) is 5.75 Å². The number of amides is 1. The highest BCUT2D eigenvalue weighted by atomic mass is 32.2. The van der Waals surface area contributed by atoms with Gasteiger partial charge >= 0.3 is 0 Å². The first-order valence-electron chi connectivity index (χ1n) is 4.81. The molecule has 0 aliphatic carbocycles. The third kappa shape index (κ3) is 3.72. The second kappa shape index (κ2) is 5.15. The molecule has 94 valence electrons. The molecule has 7 heteroatoms. The van der Waals surface area contributed by atoms with Crippen LogP contribution in [0.25, 0.3) is 0 Å². The fraction of sp³-hybridized carbons (Fsp3) is 0.300. The summed E-state index contributed by atoms with van der Waals surface area (Å²) in [5, 5.41) is 7.42. The SMILES string of the molecule is CNC(=O)COc1ccc(S(N)(=O)=O)c(C)c1. The van der Waals surface area contributed by atoms with Gasteiger partial charge in [0, 0.05) is 7.05 Å². The molecule has 0 heterocycles. The Balaban J connectivity index is 2.87. The lowest BCUT2D eigenvalue weighted by Gasteiger charge is -2.08. The van der Waals surface area contributed by atoms with Crippen LogP contribution in [0, 0.1) is 6.92 Å². The molecule has 0 radical (unpaired) electrons. The Morgan fingerprint density at radius 1 is 1.47 bits per heavy atom. The lowest BCUT2D eigenvalue weighted by Crippen LogP contribution is -2.24. The van der Waals surface area contributed by atoms with E-state index >= 15 is 0 Å². The number of ether oxygens (including phenoxy) is 1. The van der Waals surface area contributed by atoms with Crippen LogP contribution < -0.4 is 15.2 Å². The number of aryl methyl sites for hydroxylation is 1. The second-order valence-corrected chi connectivity index (χ2v) is 4.96. The van der Waals surface area contributed by atoms with E-state index in [2.05, 4.69) is 5.32 Å². The molecule has 0 unspecified atom stereocenters. The van der Waals surface area contributed by atoms with E-state index in [0.717, 1.165) is 0 Å². The largest absolute Gasteiger partial charge is 0.484 e. The maximum atomic E-state index is 11.2. The molecule has 0 aliphatic rings. The van der Waals surface area contributed by atoms with Crippen LogP contribution in [0.4, 0.5) is 0 Å². The van der Waals surface area contributed by atoms with Crippen molar-refractivity contribution in [3.63, 3.8) is 0 Å². The summed E-state index contributed by atoms with van der Waals surface area (Å²) in [6, 6.07) is 4.32. The molecule has 0 aliphatic heterocycles. The number of carbonyl (C=O) groups excluding carboxylic acids is 1. The van der Waals surface area contributed by atoms with Crippen LogP contribution in [0.2, 0.25) is 0 Å². The third-order valence-electron chi connectivity index (χ3n) is 2.10. The Labute approximate surface area is 99.8 Å². The Hall–Kier alpha value is -1.60. The molecule has 0 bridgehead atoms. The lowest BCUT2D eigenvalue weighted by molar-refractivity contribution is -0.122. The molecule has 3 N–H and O–H groups in total. The number of rotatable bonds is 4. The van der Waals surface area contributed by atoms with Crippen LogP contribution in [0.15, 0.2) is 23.1 Å². The first-order valence-corrected chi connectivity index (χ1v) is 6.36. The summed E-state index contributed by atoms with van der Waals surface area (Å²) >= 11 is 0. The Morgan fingerprint density at radius 3 is 2.59 bits per heavy atom. The number of sulfonamides is 1. The normalized spacial score (nSPS) is 11.0. The van der Waals surface area contributed by atoms with E-state index in [-0.39, 0.29) is 17.4 Å². The zero-order valence-corrected chi connectivity index (χ0v) is 10.4. The lowest BCUT2D eigenvalue weighted by atomic mass is 10.2. The third-order valence-corrected chi connectivity index (χ3v) is 3.17. The average molecular weight is 258 g/mol. The molecular weight excluding hydrogens is 244 g/mol. The fourth-order valence-corrected chi connectivity index (χ4v) is 2.02. The molecule has 0 saturated heterocycles. The van der Waals surface area contributed by atoms with Crippen LogP contribution in [0.1, 0.15) is 5.56 Å². The van der Waals surface area contributed by atoms with Gasteiger partial charge in [-0.3, -0.25) is 4.79 Å². The van der Waals surface area contributed by atoms with Crippen molar-refractivity contribution < 1.29 is 17.9 Å². The maximum Gasteiger partial charge on any atom is 0.257 e. The van der Waals surface area contributed by atoms with Crippen molar-refractivity contribution in [2.45, 2.75) is 11.8 Å². The molecule has 1 aromatic carbocycles. The van der Waals surface area contributed by atoms with E-state index in [1.807, 2.05) is 0 Å². The van der Waals surface area contributed by atoms with Gasteiger partial charge < -0.3 is 10.1 Å². The molecule has 1 rings (SSSR count). The molecule has 1 aromatic rings. The number of primary sulfonamides is 1. The zero-order chi connectivity index (χ0) is 13.1. The Morgan fingerprint density at radius 2 is 2.12 bits per heavy atom. The molecule has 0 spiro atoms. The monoisotopic (exact) mass is 258 g/mol. The summed E-state index contributed by atoms with van der Waals surface area (Å²) in [5.74, 6) is 0.150. The summed E-state index contributed by atoms with van der Waals surface area (Å²) in [7, 11) is -2.22. The average Bonchev–Trinajstić information content (AvgIpc) is 2.24. The van der Waals surface area contributed by atoms with E-state index in [9.17, 15) is 13.2 Å². The van der Waals surface area contributed by atoms with Gasteiger partial charge in [0.15, 0.2) is 6.61 Å². The van der Waals surface area contributed by atoms with Crippen molar-refractivity contribution in [1.82, 2.24) is 5.32 Å². The second-order valence-electron chi connectivity index (χ2n) is 3.43. The van der Waals surface area contributed by atoms with Gasteiger partial charge in [-0.1, -0.05) is 0 Å². The van der Waals surface area contributed by atoms with Crippen molar-refractivity contribution >= 4 is 15.9 Å². The zero-order valence-electron chi connectivity index (χ0n) is 9.56. The van der Waals surface area contributed by atoms with Crippen LogP contribution in [-0.2, 0) is 14.8 Å². The van der Waals surface area contributed by atoms with E-state index in [0.29, 0.717) is 11.3 Å². The molecule has 1 amide bonds. The Kier molecular flexibility index (Phi) is 4.08. The predicted molar refractivity (Wildman–Crippen MR) is 62.1 cm³/mol. The molecule has 0 fully saturated rings. The molecule has 0 atom stereocenters. The number of likely N-dealkylation sites (N-methyl/N-ethyl adjacent to an activating group) is 1. The molecule has 6 nitrogen and oxygen atoms in total. The van der Waals surface area contributed by atoms with Crippen LogP contribution in [0.3, 0.4) is 0 Å². The molecular formula is C10H14N2O4S. The van der Waals surface area contributed by atoms with Gasteiger partial charge in [-0.15, -0.1) is 0 Å². The quantitative estimate of drug-likeness (QED) is 0.779. The topological polar surface area (TPSA) is 98.5 Å². The number of hydrogen-bond donors (Lipinski definition) is 2. The molecule has 17 heavy (non-hydrogen) atoms. The predicted octanol–water partition coefficient (Wildman–Crippen LogP) is -0.233. The number of nitrogens with two attached hydrogens (primary N) is 1. The summed E-state index contributed by atoms with van der Waals surface area (Å²) in [4.78, 5) is 11.0. The van der Waals surface area contributed by atoms with Crippen LogP contribution >= 0.6 is 0 Å².